The predicted octanol–water partition coefficient (Wildman–Crippen LogP) is 3.40. The molecule has 7 heteroatoms. The smallest absolute Gasteiger partial charge is 0.268 e. The van der Waals surface area contributed by atoms with Crippen LogP contribution < -0.4 is 20.1 Å². The SMILES string of the molecule is Cc1ccc(C(=O)N/C(=C\c2ccc3c(c2)OCO3)C(=O)NCc2ccco2)cc1. The number of fused-ring (bicyclic) bond motifs is 1. The molecule has 30 heavy (non-hydrogen) atoms. The van der Waals surface area contributed by atoms with E-state index >= 15 is 0 Å². The summed E-state index contributed by atoms with van der Waals surface area (Å²) >= 11 is 0. The van der Waals surface area contributed by atoms with E-state index in [2.05, 4.69) is 10.6 Å². The molecule has 7 nitrogen and oxygen atoms in total. The van der Waals surface area contributed by atoms with Crippen LogP contribution in [0.15, 0.2) is 71.0 Å². The van der Waals surface area contributed by atoms with Crippen molar-refractivity contribution in [2.24, 2.45) is 0 Å². The van der Waals surface area contributed by atoms with Crippen LogP contribution in [0.2, 0.25) is 0 Å². The van der Waals surface area contributed by atoms with Crippen LogP contribution in [0.3, 0.4) is 0 Å². The van der Waals surface area contributed by atoms with Crippen molar-refractivity contribution in [3.05, 3.63) is 89.0 Å². The van der Waals surface area contributed by atoms with Crippen molar-refractivity contribution in [2.45, 2.75) is 13.5 Å². The summed E-state index contributed by atoms with van der Waals surface area (Å²) in [5, 5.41) is 5.46. The minimum absolute atomic E-state index is 0.103. The summed E-state index contributed by atoms with van der Waals surface area (Å²) in [6.45, 7) is 2.29. The van der Waals surface area contributed by atoms with Gasteiger partial charge < -0.3 is 24.5 Å². The Balaban J connectivity index is 1.57. The second-order valence-corrected chi connectivity index (χ2v) is 6.75. The highest BCUT2D eigenvalue weighted by molar-refractivity contribution is 6.05. The molecule has 2 aromatic carbocycles. The minimum atomic E-state index is -0.440. The van der Waals surface area contributed by atoms with Crippen molar-refractivity contribution in [1.82, 2.24) is 10.6 Å². The first-order chi connectivity index (χ1) is 14.6. The molecule has 0 radical (unpaired) electrons. The fourth-order valence-corrected chi connectivity index (χ4v) is 2.90. The Kier molecular flexibility index (Phi) is 5.52. The average molecular weight is 404 g/mol. The number of carbonyl (C=O) groups is 2. The number of aryl methyl sites for hydroxylation is 1. The van der Waals surface area contributed by atoms with Crippen LogP contribution in [0.25, 0.3) is 6.08 Å². The number of nitrogens with one attached hydrogen (secondary N) is 2. The molecule has 1 aromatic heterocycles. The maximum Gasteiger partial charge on any atom is 0.268 e. The van der Waals surface area contributed by atoms with Crippen molar-refractivity contribution in [1.29, 1.82) is 0 Å². The second-order valence-electron chi connectivity index (χ2n) is 6.75. The van der Waals surface area contributed by atoms with Gasteiger partial charge in [0.15, 0.2) is 11.5 Å². The van der Waals surface area contributed by atoms with Gasteiger partial charge in [0.05, 0.1) is 12.8 Å². The van der Waals surface area contributed by atoms with Gasteiger partial charge in [0, 0.05) is 5.56 Å². The van der Waals surface area contributed by atoms with Gasteiger partial charge in [-0.1, -0.05) is 23.8 Å². The molecule has 0 saturated heterocycles. The molecule has 0 fully saturated rings. The van der Waals surface area contributed by atoms with E-state index in [1.165, 1.54) is 6.26 Å². The molecule has 4 rings (SSSR count). The molecule has 2 N–H and O–H groups in total. The average Bonchev–Trinajstić information content (AvgIpc) is 3.43. The summed E-state index contributed by atoms with van der Waals surface area (Å²) in [5.74, 6) is 1.01. The summed E-state index contributed by atoms with van der Waals surface area (Å²) in [6, 6.07) is 15.9. The molecule has 0 spiro atoms. The fraction of sp³-hybridized carbons (Fsp3) is 0.130. The molecular formula is C23H20N2O5. The largest absolute Gasteiger partial charge is 0.467 e. The van der Waals surface area contributed by atoms with E-state index in [1.807, 2.05) is 19.1 Å². The lowest BCUT2D eigenvalue weighted by Gasteiger charge is -2.11. The quantitative estimate of drug-likeness (QED) is 0.615. The van der Waals surface area contributed by atoms with Crippen molar-refractivity contribution < 1.29 is 23.5 Å². The lowest BCUT2D eigenvalue weighted by atomic mass is 10.1. The zero-order valence-corrected chi connectivity index (χ0v) is 16.3. The molecule has 1 aliphatic rings. The molecule has 2 amide bonds. The van der Waals surface area contributed by atoms with E-state index in [-0.39, 0.29) is 24.9 Å². The molecular weight excluding hydrogens is 384 g/mol. The van der Waals surface area contributed by atoms with Crippen LogP contribution in [0.1, 0.15) is 27.2 Å². The van der Waals surface area contributed by atoms with E-state index < -0.39 is 5.91 Å². The van der Waals surface area contributed by atoms with Crippen molar-refractivity contribution >= 4 is 17.9 Å². The zero-order valence-electron chi connectivity index (χ0n) is 16.3. The van der Waals surface area contributed by atoms with Gasteiger partial charge >= 0.3 is 0 Å². The molecule has 1 aliphatic heterocycles. The van der Waals surface area contributed by atoms with Crippen molar-refractivity contribution in [2.75, 3.05) is 6.79 Å². The van der Waals surface area contributed by atoms with Gasteiger partial charge in [-0.3, -0.25) is 9.59 Å². The topological polar surface area (TPSA) is 89.8 Å². The van der Waals surface area contributed by atoms with E-state index in [0.717, 1.165) is 5.56 Å². The molecule has 0 atom stereocenters. The van der Waals surface area contributed by atoms with Crippen molar-refractivity contribution in [3.8, 4) is 11.5 Å². The Labute approximate surface area is 173 Å². The van der Waals surface area contributed by atoms with Crippen LogP contribution in [0, 0.1) is 6.92 Å². The van der Waals surface area contributed by atoms with E-state index in [9.17, 15) is 9.59 Å². The molecule has 0 bridgehead atoms. The lowest BCUT2D eigenvalue weighted by Crippen LogP contribution is -2.34. The molecule has 3 aromatic rings. The highest BCUT2D eigenvalue weighted by Crippen LogP contribution is 2.33. The van der Waals surface area contributed by atoms with Gasteiger partial charge in [0.1, 0.15) is 11.5 Å². The fourth-order valence-electron chi connectivity index (χ4n) is 2.90. The monoisotopic (exact) mass is 404 g/mol. The number of rotatable bonds is 6. The van der Waals surface area contributed by atoms with Crippen LogP contribution in [-0.4, -0.2) is 18.6 Å². The third-order valence-corrected chi connectivity index (χ3v) is 4.52. The van der Waals surface area contributed by atoms with Crippen molar-refractivity contribution in [3.63, 3.8) is 0 Å². The highest BCUT2D eigenvalue weighted by atomic mass is 16.7. The van der Waals surface area contributed by atoms with E-state index in [0.29, 0.717) is 28.4 Å². The summed E-state index contributed by atoms with van der Waals surface area (Å²) in [4.78, 5) is 25.5. The number of amides is 2. The Morgan fingerprint density at radius 3 is 2.60 bits per heavy atom. The standard InChI is InChI=1S/C23H20N2O5/c1-15-4-7-17(8-5-15)22(26)25-19(23(27)24-13-18-3-2-10-28-18)11-16-6-9-20-21(12-16)30-14-29-20/h2-12H,13-14H2,1H3,(H,24,27)(H,25,26)/b19-11-. The first-order valence-corrected chi connectivity index (χ1v) is 9.38. The Morgan fingerprint density at radius 1 is 1.03 bits per heavy atom. The molecule has 0 unspecified atom stereocenters. The third kappa shape index (κ3) is 4.52. The zero-order chi connectivity index (χ0) is 20.9. The number of hydrogen-bond donors (Lipinski definition) is 2. The van der Waals surface area contributed by atoms with E-state index in [4.69, 9.17) is 13.9 Å². The summed E-state index contributed by atoms with van der Waals surface area (Å²) in [5.41, 5.74) is 2.28. The maximum absolute atomic E-state index is 12.8. The third-order valence-electron chi connectivity index (χ3n) is 4.52. The van der Waals surface area contributed by atoms with Gasteiger partial charge in [-0.2, -0.15) is 0 Å². The first kappa shape index (κ1) is 19.3. The summed E-state index contributed by atoms with van der Waals surface area (Å²) < 4.78 is 15.9. The minimum Gasteiger partial charge on any atom is -0.467 e. The van der Waals surface area contributed by atoms with Crippen LogP contribution in [0.4, 0.5) is 0 Å². The maximum atomic E-state index is 12.8. The lowest BCUT2D eigenvalue weighted by molar-refractivity contribution is -0.118. The summed E-state index contributed by atoms with van der Waals surface area (Å²) in [6.07, 6.45) is 3.12. The highest BCUT2D eigenvalue weighted by Gasteiger charge is 2.17. The van der Waals surface area contributed by atoms with Gasteiger partial charge in [0.2, 0.25) is 6.79 Å². The first-order valence-electron chi connectivity index (χ1n) is 9.38. The molecule has 2 heterocycles. The predicted molar refractivity (Wildman–Crippen MR) is 110 cm³/mol. The number of benzene rings is 2. The van der Waals surface area contributed by atoms with Gasteiger partial charge in [-0.25, -0.2) is 0 Å². The number of furan rings is 1. The molecule has 0 saturated carbocycles. The number of hydrogen-bond acceptors (Lipinski definition) is 5. The normalized spacial score (nSPS) is 12.5. The van der Waals surface area contributed by atoms with Crippen LogP contribution >= 0.6 is 0 Å². The van der Waals surface area contributed by atoms with Crippen LogP contribution in [-0.2, 0) is 11.3 Å². The number of carbonyl (C=O) groups excluding carboxylic acids is 2. The summed E-state index contributed by atoms with van der Waals surface area (Å²) in [7, 11) is 0. The van der Waals surface area contributed by atoms with Gasteiger partial charge in [-0.15, -0.1) is 0 Å². The molecule has 152 valence electrons. The Hall–Kier alpha value is -4.00. The van der Waals surface area contributed by atoms with Crippen LogP contribution in [0.5, 0.6) is 11.5 Å². The number of ether oxygens (including phenoxy) is 2. The Bertz CT molecular complexity index is 1090. The van der Waals surface area contributed by atoms with Gasteiger partial charge in [-0.05, 0) is 55.0 Å². The second kappa shape index (κ2) is 8.57. The molecule has 0 aliphatic carbocycles. The Morgan fingerprint density at radius 2 is 1.83 bits per heavy atom. The van der Waals surface area contributed by atoms with Gasteiger partial charge in [0.25, 0.3) is 11.8 Å². The van der Waals surface area contributed by atoms with E-state index in [1.54, 1.807) is 48.5 Å².